The van der Waals surface area contributed by atoms with Crippen LogP contribution in [0.3, 0.4) is 0 Å². The average Bonchev–Trinajstić information content (AvgIpc) is 2.74. The molecule has 0 heterocycles. The normalized spacial score (nSPS) is 11.3. The molecule has 3 aromatic rings. The van der Waals surface area contributed by atoms with Crippen LogP contribution in [0, 0.1) is 5.82 Å². The van der Waals surface area contributed by atoms with Crippen LogP contribution in [0.1, 0.15) is 0 Å². The molecule has 0 aliphatic rings. The zero-order chi connectivity index (χ0) is 22.6. The molecule has 0 saturated heterocycles. The van der Waals surface area contributed by atoms with E-state index in [1.165, 1.54) is 50.3 Å². The highest BCUT2D eigenvalue weighted by Gasteiger charge is 2.19. The van der Waals surface area contributed by atoms with Crippen molar-refractivity contribution in [2.45, 2.75) is 4.90 Å². The number of ether oxygens (including phenoxy) is 1. The number of carbonyl (C=O) groups excluding carboxylic acids is 1. The smallest absolute Gasteiger partial charge is 0.326 e. The molecule has 3 aromatic carbocycles. The van der Waals surface area contributed by atoms with E-state index in [1.54, 1.807) is 48.5 Å². The maximum absolute atomic E-state index is 13.3. The monoisotopic (exact) mass is 443 g/mol. The summed E-state index contributed by atoms with van der Waals surface area (Å²) >= 11 is 0. The second-order valence-corrected chi connectivity index (χ2v) is 9.01. The zero-order valence-corrected chi connectivity index (χ0v) is 18.1. The first-order chi connectivity index (χ1) is 14.7. The lowest BCUT2D eigenvalue weighted by atomic mass is 10.3. The van der Waals surface area contributed by atoms with E-state index in [9.17, 15) is 17.6 Å². The van der Waals surface area contributed by atoms with Crippen molar-refractivity contribution in [2.75, 3.05) is 31.4 Å². The van der Waals surface area contributed by atoms with Crippen LogP contribution in [-0.2, 0) is 10.0 Å². The first-order valence-electron chi connectivity index (χ1n) is 9.27. The number of hydrogen-bond acceptors (Lipinski definition) is 4. The lowest BCUT2D eigenvalue weighted by Gasteiger charge is -2.20. The minimum Gasteiger partial charge on any atom is -0.457 e. The quantitative estimate of drug-likeness (QED) is 0.607. The third-order valence-electron chi connectivity index (χ3n) is 4.43. The van der Waals surface area contributed by atoms with E-state index in [2.05, 4.69) is 5.32 Å². The van der Waals surface area contributed by atoms with Gasteiger partial charge < -0.3 is 10.1 Å². The van der Waals surface area contributed by atoms with E-state index < -0.39 is 21.9 Å². The molecule has 0 spiro atoms. The lowest BCUT2D eigenvalue weighted by molar-refractivity contribution is 0.258. The van der Waals surface area contributed by atoms with E-state index in [0.29, 0.717) is 22.9 Å². The number of benzene rings is 3. The van der Waals surface area contributed by atoms with Crippen molar-refractivity contribution in [2.24, 2.45) is 0 Å². The average molecular weight is 444 g/mol. The van der Waals surface area contributed by atoms with Crippen LogP contribution in [0.25, 0.3) is 0 Å². The highest BCUT2D eigenvalue weighted by atomic mass is 32.2. The molecule has 0 radical (unpaired) electrons. The Hall–Kier alpha value is -3.43. The number of anilines is 2. The van der Waals surface area contributed by atoms with Crippen LogP contribution in [0.5, 0.6) is 11.5 Å². The van der Waals surface area contributed by atoms with E-state index in [0.717, 1.165) is 4.31 Å². The van der Waals surface area contributed by atoms with Gasteiger partial charge in [-0.3, -0.25) is 4.90 Å². The summed E-state index contributed by atoms with van der Waals surface area (Å²) in [6.45, 7) is 0. The standard InChI is InChI=1S/C22H22FN3O4S/c1-25(2)31(28,29)21-9-5-7-18(15-21)26(3)22(27)24-17-10-12-19(13-11-17)30-20-8-4-6-16(23)14-20/h4-15H,1-3H3,(H,24,27). The second kappa shape index (κ2) is 9.15. The van der Waals surface area contributed by atoms with Gasteiger partial charge in [-0.2, -0.15) is 0 Å². The molecule has 0 aliphatic heterocycles. The van der Waals surface area contributed by atoms with E-state index in [1.807, 2.05) is 0 Å². The molecule has 9 heteroatoms. The molecule has 0 unspecified atom stereocenters. The Morgan fingerprint density at radius 2 is 1.58 bits per heavy atom. The Morgan fingerprint density at radius 3 is 2.23 bits per heavy atom. The SMILES string of the molecule is CN(C(=O)Nc1ccc(Oc2cccc(F)c2)cc1)c1cccc(S(=O)(=O)N(C)C)c1. The fourth-order valence-corrected chi connectivity index (χ4v) is 3.60. The largest absolute Gasteiger partial charge is 0.457 e. The van der Waals surface area contributed by atoms with Crippen LogP contribution < -0.4 is 15.0 Å². The van der Waals surface area contributed by atoms with Gasteiger partial charge in [0.2, 0.25) is 10.0 Å². The maximum atomic E-state index is 13.3. The van der Waals surface area contributed by atoms with Gasteiger partial charge >= 0.3 is 6.03 Å². The van der Waals surface area contributed by atoms with Gasteiger partial charge in [-0.15, -0.1) is 0 Å². The van der Waals surface area contributed by atoms with Crippen molar-refractivity contribution in [3.8, 4) is 11.5 Å². The second-order valence-electron chi connectivity index (χ2n) is 6.86. The van der Waals surface area contributed by atoms with Gasteiger partial charge in [-0.25, -0.2) is 21.9 Å². The first kappa shape index (κ1) is 22.3. The van der Waals surface area contributed by atoms with Crippen molar-refractivity contribution >= 4 is 27.4 Å². The van der Waals surface area contributed by atoms with Crippen LogP contribution in [0.15, 0.2) is 77.7 Å². The number of rotatable bonds is 6. The number of urea groups is 1. The molecule has 2 amide bonds. The summed E-state index contributed by atoms with van der Waals surface area (Å²) in [6, 6.07) is 18.1. The minimum atomic E-state index is -3.61. The van der Waals surface area contributed by atoms with Crippen molar-refractivity contribution in [1.29, 1.82) is 0 Å². The van der Waals surface area contributed by atoms with Gasteiger partial charge in [-0.05, 0) is 54.6 Å². The molecule has 0 bridgehead atoms. The summed E-state index contributed by atoms with van der Waals surface area (Å²) in [4.78, 5) is 14.0. The highest BCUT2D eigenvalue weighted by molar-refractivity contribution is 7.89. The number of amides is 2. The Balaban J connectivity index is 1.69. The number of nitrogens with zero attached hydrogens (tertiary/aromatic N) is 2. The number of carbonyl (C=O) groups is 1. The Bertz CT molecular complexity index is 1180. The summed E-state index contributed by atoms with van der Waals surface area (Å²) in [7, 11) is 0.816. The van der Waals surface area contributed by atoms with Crippen molar-refractivity contribution in [3.05, 3.63) is 78.6 Å². The van der Waals surface area contributed by atoms with Crippen molar-refractivity contribution in [3.63, 3.8) is 0 Å². The number of halogens is 1. The molecule has 1 N–H and O–H groups in total. The third kappa shape index (κ3) is 5.39. The topological polar surface area (TPSA) is 79.0 Å². The first-order valence-corrected chi connectivity index (χ1v) is 10.7. The number of nitrogens with one attached hydrogen (secondary N) is 1. The van der Waals surface area contributed by atoms with Gasteiger partial charge in [0.15, 0.2) is 0 Å². The molecule has 0 fully saturated rings. The Kier molecular flexibility index (Phi) is 6.57. The fraction of sp³-hybridized carbons (Fsp3) is 0.136. The molecule has 31 heavy (non-hydrogen) atoms. The number of hydrogen-bond donors (Lipinski definition) is 1. The zero-order valence-electron chi connectivity index (χ0n) is 17.2. The van der Waals surface area contributed by atoms with Gasteiger partial charge in [0.1, 0.15) is 17.3 Å². The lowest BCUT2D eigenvalue weighted by Crippen LogP contribution is -2.31. The van der Waals surface area contributed by atoms with E-state index in [4.69, 9.17) is 4.74 Å². The predicted molar refractivity (Wildman–Crippen MR) is 118 cm³/mol. The molecule has 0 aromatic heterocycles. The Labute approximate surface area is 180 Å². The molecule has 0 saturated carbocycles. The third-order valence-corrected chi connectivity index (χ3v) is 6.24. The van der Waals surface area contributed by atoms with Gasteiger partial charge in [0.05, 0.1) is 4.90 Å². The molecule has 162 valence electrons. The van der Waals surface area contributed by atoms with Gasteiger partial charge in [0.25, 0.3) is 0 Å². The van der Waals surface area contributed by atoms with Crippen LogP contribution >= 0.6 is 0 Å². The summed E-state index contributed by atoms with van der Waals surface area (Å²) < 4.78 is 44.6. The maximum Gasteiger partial charge on any atom is 0.326 e. The summed E-state index contributed by atoms with van der Waals surface area (Å²) in [6.07, 6.45) is 0. The van der Waals surface area contributed by atoms with Crippen molar-refractivity contribution < 1.29 is 22.3 Å². The van der Waals surface area contributed by atoms with Crippen LogP contribution in [0.2, 0.25) is 0 Å². The molecule has 3 rings (SSSR count). The minimum absolute atomic E-state index is 0.0912. The molecule has 7 nitrogen and oxygen atoms in total. The summed E-state index contributed by atoms with van der Waals surface area (Å²) in [5.74, 6) is 0.453. The van der Waals surface area contributed by atoms with Crippen LogP contribution in [-0.4, -0.2) is 39.9 Å². The molecular weight excluding hydrogens is 421 g/mol. The fourth-order valence-electron chi connectivity index (χ4n) is 2.66. The van der Waals surface area contributed by atoms with Gasteiger partial charge in [0, 0.05) is 38.6 Å². The Morgan fingerprint density at radius 1 is 0.903 bits per heavy atom. The van der Waals surface area contributed by atoms with E-state index in [-0.39, 0.29) is 4.90 Å². The highest BCUT2D eigenvalue weighted by Crippen LogP contribution is 2.25. The van der Waals surface area contributed by atoms with Crippen molar-refractivity contribution in [1.82, 2.24) is 4.31 Å². The molecule has 0 atom stereocenters. The molecular formula is C22H22FN3O4S. The molecule has 0 aliphatic carbocycles. The summed E-state index contributed by atoms with van der Waals surface area (Å²) in [5.41, 5.74) is 0.937. The van der Waals surface area contributed by atoms with Crippen LogP contribution in [0.4, 0.5) is 20.6 Å². The van der Waals surface area contributed by atoms with E-state index >= 15 is 0 Å². The number of sulfonamides is 1. The summed E-state index contributed by atoms with van der Waals surface area (Å²) in [5, 5.41) is 2.73. The van der Waals surface area contributed by atoms with Gasteiger partial charge in [-0.1, -0.05) is 12.1 Å². The predicted octanol–water partition coefficient (Wildman–Crippen LogP) is 4.54.